The molecule has 1 aromatic rings. The van der Waals surface area contributed by atoms with E-state index in [1.165, 1.54) is 15.4 Å². The third-order valence-electron chi connectivity index (χ3n) is 2.41. The highest BCUT2D eigenvalue weighted by atomic mass is 32.2. The number of nitriles is 1. The van der Waals surface area contributed by atoms with Gasteiger partial charge in [-0.15, -0.1) is 11.8 Å². The van der Waals surface area contributed by atoms with Crippen molar-refractivity contribution in [1.82, 2.24) is 4.90 Å². The predicted molar refractivity (Wildman–Crippen MR) is 69.8 cm³/mol. The third kappa shape index (κ3) is 4.49. The highest BCUT2D eigenvalue weighted by molar-refractivity contribution is 7.99. The highest BCUT2D eigenvalue weighted by Gasteiger charge is 2.06. The zero-order valence-corrected chi connectivity index (χ0v) is 11.0. The fourth-order valence-corrected chi connectivity index (χ4v) is 2.06. The minimum Gasteiger partial charge on any atom is -0.333 e. The second kappa shape index (κ2) is 6.97. The average molecular weight is 248 g/mol. The molecular formula is C13H16N2OS. The first-order chi connectivity index (χ1) is 8.17. The van der Waals surface area contributed by atoms with Gasteiger partial charge in [0.15, 0.2) is 6.07 Å². The molecule has 0 spiro atoms. The number of hydrogen-bond donors (Lipinski definition) is 0. The monoisotopic (exact) mass is 248 g/mol. The summed E-state index contributed by atoms with van der Waals surface area (Å²) in [5, 5.41) is 8.45. The molecule has 0 aliphatic rings. The van der Waals surface area contributed by atoms with Gasteiger partial charge in [-0.3, -0.25) is 4.79 Å². The summed E-state index contributed by atoms with van der Waals surface area (Å²) in [6, 6.07) is 9.94. The lowest BCUT2D eigenvalue weighted by atomic mass is 10.1. The van der Waals surface area contributed by atoms with E-state index < -0.39 is 5.91 Å². The summed E-state index contributed by atoms with van der Waals surface area (Å²) >= 11 is 1.81. The fourth-order valence-electron chi connectivity index (χ4n) is 1.40. The van der Waals surface area contributed by atoms with Gasteiger partial charge in [-0.2, -0.15) is 5.26 Å². The van der Waals surface area contributed by atoms with Crippen molar-refractivity contribution >= 4 is 17.7 Å². The zero-order chi connectivity index (χ0) is 12.7. The van der Waals surface area contributed by atoms with E-state index in [9.17, 15) is 4.79 Å². The standard InChI is InChI=1S/C13H16N2OS/c1-3-17-12-6-4-11(5-7-12)8-9-15(2)13(16)10-14/h4-7H,3,8-9H2,1-2H3. The molecule has 0 fully saturated rings. The lowest BCUT2D eigenvalue weighted by Gasteiger charge is -2.12. The normalized spacial score (nSPS) is 9.71. The van der Waals surface area contributed by atoms with Crippen molar-refractivity contribution in [1.29, 1.82) is 5.26 Å². The number of nitrogens with zero attached hydrogens (tertiary/aromatic N) is 2. The average Bonchev–Trinajstić information content (AvgIpc) is 2.37. The van der Waals surface area contributed by atoms with Gasteiger partial charge >= 0.3 is 5.91 Å². The molecule has 0 saturated carbocycles. The van der Waals surface area contributed by atoms with E-state index in [2.05, 4.69) is 31.2 Å². The quantitative estimate of drug-likeness (QED) is 0.593. The number of rotatable bonds is 5. The summed E-state index contributed by atoms with van der Waals surface area (Å²) < 4.78 is 0. The summed E-state index contributed by atoms with van der Waals surface area (Å²) in [6.07, 6.45) is 0.779. The molecule has 1 aromatic carbocycles. The van der Waals surface area contributed by atoms with Crippen LogP contribution in [0.25, 0.3) is 0 Å². The summed E-state index contributed by atoms with van der Waals surface area (Å²) in [4.78, 5) is 13.7. The minimum atomic E-state index is -0.483. The fraction of sp³-hybridized carbons (Fsp3) is 0.385. The predicted octanol–water partition coefficient (Wildman–Crippen LogP) is 2.32. The molecule has 3 nitrogen and oxygen atoms in total. The number of carbonyl (C=O) groups is 1. The Labute approximate surface area is 106 Å². The van der Waals surface area contributed by atoms with Crippen molar-refractivity contribution in [3.8, 4) is 6.07 Å². The minimum absolute atomic E-state index is 0.483. The van der Waals surface area contributed by atoms with Crippen molar-refractivity contribution in [3.63, 3.8) is 0 Å². The molecule has 4 heteroatoms. The first-order valence-corrected chi connectivity index (χ1v) is 6.53. The van der Waals surface area contributed by atoms with Crippen LogP contribution in [0.3, 0.4) is 0 Å². The smallest absolute Gasteiger partial charge is 0.324 e. The highest BCUT2D eigenvalue weighted by Crippen LogP contribution is 2.17. The van der Waals surface area contributed by atoms with Gasteiger partial charge in [0.05, 0.1) is 0 Å². The Morgan fingerprint density at radius 2 is 2.06 bits per heavy atom. The number of likely N-dealkylation sites (N-methyl/N-ethyl adjacent to an activating group) is 1. The number of benzene rings is 1. The summed E-state index contributed by atoms with van der Waals surface area (Å²) in [5.41, 5.74) is 1.18. The van der Waals surface area contributed by atoms with E-state index >= 15 is 0 Å². The van der Waals surface area contributed by atoms with Gasteiger partial charge in [-0.1, -0.05) is 19.1 Å². The molecule has 0 atom stereocenters. The lowest BCUT2D eigenvalue weighted by molar-refractivity contribution is -0.124. The van der Waals surface area contributed by atoms with Gasteiger partial charge in [0, 0.05) is 18.5 Å². The lowest BCUT2D eigenvalue weighted by Crippen LogP contribution is -2.27. The molecule has 1 amide bonds. The zero-order valence-electron chi connectivity index (χ0n) is 10.1. The van der Waals surface area contributed by atoms with E-state index in [-0.39, 0.29) is 0 Å². The molecule has 90 valence electrons. The van der Waals surface area contributed by atoms with Crippen LogP contribution in [0.1, 0.15) is 12.5 Å². The molecule has 1 rings (SSSR count). The Kier molecular flexibility index (Phi) is 5.58. The van der Waals surface area contributed by atoms with E-state index in [0.29, 0.717) is 6.54 Å². The van der Waals surface area contributed by atoms with Crippen molar-refractivity contribution in [2.24, 2.45) is 0 Å². The van der Waals surface area contributed by atoms with Crippen LogP contribution in [0, 0.1) is 11.3 Å². The van der Waals surface area contributed by atoms with Gasteiger partial charge in [0.25, 0.3) is 0 Å². The molecule has 0 aliphatic heterocycles. The maximum atomic E-state index is 11.0. The summed E-state index contributed by atoms with van der Waals surface area (Å²) in [7, 11) is 1.65. The van der Waals surface area contributed by atoms with Crippen molar-refractivity contribution < 1.29 is 4.79 Å². The number of amides is 1. The Hall–Kier alpha value is -1.47. The van der Waals surface area contributed by atoms with Crippen LogP contribution in [0.15, 0.2) is 29.2 Å². The molecule has 0 aromatic heterocycles. The number of carbonyl (C=O) groups excluding carboxylic acids is 1. The maximum absolute atomic E-state index is 11.0. The van der Waals surface area contributed by atoms with E-state index in [0.717, 1.165) is 12.2 Å². The molecule has 0 unspecified atom stereocenters. The topological polar surface area (TPSA) is 44.1 Å². The van der Waals surface area contributed by atoms with Gasteiger partial charge in [0.2, 0.25) is 0 Å². The summed E-state index contributed by atoms with van der Waals surface area (Å²) in [6.45, 7) is 2.70. The Balaban J connectivity index is 2.47. The van der Waals surface area contributed by atoms with E-state index in [1.54, 1.807) is 13.1 Å². The van der Waals surface area contributed by atoms with Crippen molar-refractivity contribution in [2.45, 2.75) is 18.2 Å². The van der Waals surface area contributed by atoms with E-state index in [1.807, 2.05) is 11.8 Å². The maximum Gasteiger partial charge on any atom is 0.324 e. The van der Waals surface area contributed by atoms with Gasteiger partial charge in [0.1, 0.15) is 0 Å². The van der Waals surface area contributed by atoms with Crippen molar-refractivity contribution in [3.05, 3.63) is 29.8 Å². The second-order valence-corrected chi connectivity index (χ2v) is 5.00. The van der Waals surface area contributed by atoms with Crippen LogP contribution < -0.4 is 0 Å². The van der Waals surface area contributed by atoms with Crippen LogP contribution in [-0.4, -0.2) is 30.2 Å². The van der Waals surface area contributed by atoms with Crippen LogP contribution in [0.5, 0.6) is 0 Å². The summed E-state index contributed by atoms with van der Waals surface area (Å²) in [5.74, 6) is 0.585. The number of thioether (sulfide) groups is 1. The molecule has 0 N–H and O–H groups in total. The molecular weight excluding hydrogens is 232 g/mol. The molecule has 0 heterocycles. The second-order valence-electron chi connectivity index (χ2n) is 3.67. The Morgan fingerprint density at radius 3 is 2.59 bits per heavy atom. The van der Waals surface area contributed by atoms with Gasteiger partial charge in [-0.05, 0) is 29.9 Å². The largest absolute Gasteiger partial charge is 0.333 e. The van der Waals surface area contributed by atoms with Crippen molar-refractivity contribution in [2.75, 3.05) is 19.3 Å². The molecule has 17 heavy (non-hydrogen) atoms. The van der Waals surface area contributed by atoms with Crippen LogP contribution in [-0.2, 0) is 11.2 Å². The molecule has 0 radical (unpaired) electrons. The van der Waals surface area contributed by atoms with Gasteiger partial charge < -0.3 is 4.90 Å². The molecule has 0 saturated heterocycles. The Bertz CT molecular complexity index is 408. The van der Waals surface area contributed by atoms with Crippen LogP contribution in [0.2, 0.25) is 0 Å². The Morgan fingerprint density at radius 1 is 1.41 bits per heavy atom. The van der Waals surface area contributed by atoms with E-state index in [4.69, 9.17) is 5.26 Å². The third-order valence-corrected chi connectivity index (χ3v) is 3.31. The SMILES string of the molecule is CCSc1ccc(CCN(C)C(=O)C#N)cc1. The molecule has 0 aliphatic carbocycles. The molecule has 0 bridgehead atoms. The first kappa shape index (κ1) is 13.6. The number of hydrogen-bond acceptors (Lipinski definition) is 3. The van der Waals surface area contributed by atoms with Gasteiger partial charge in [-0.25, -0.2) is 0 Å². The van der Waals surface area contributed by atoms with Crippen LogP contribution >= 0.6 is 11.8 Å². The first-order valence-electron chi connectivity index (χ1n) is 5.54. The van der Waals surface area contributed by atoms with Crippen LogP contribution in [0.4, 0.5) is 0 Å².